The van der Waals surface area contributed by atoms with Gasteiger partial charge in [-0.3, -0.25) is 14.5 Å². The zero-order chi connectivity index (χ0) is 13.6. The molecule has 1 heterocycles. The second-order valence-corrected chi connectivity index (χ2v) is 5.50. The van der Waals surface area contributed by atoms with Crippen molar-refractivity contribution < 1.29 is 9.59 Å². The number of imide groups is 1. The van der Waals surface area contributed by atoms with Crippen LogP contribution in [0, 0.1) is 24.7 Å². The first-order valence-electron chi connectivity index (χ1n) is 6.70. The van der Waals surface area contributed by atoms with Gasteiger partial charge >= 0.3 is 0 Å². The lowest BCUT2D eigenvalue weighted by Gasteiger charge is -2.22. The second-order valence-electron chi connectivity index (χ2n) is 5.50. The number of carbonyl (C=O) groups excluding carboxylic acids is 2. The molecule has 1 saturated heterocycles. The standard InChI is InChI=1S/C16H17NO2/c1-10-6-8-12(9-7-10)17-15(18)13-5-3-4-11(2)14(13)16(17)19/h3-4,6-9,11,13-14H,5H2,1-2H3/t11-,13-,14+/m0/s1. The summed E-state index contributed by atoms with van der Waals surface area (Å²) < 4.78 is 0. The van der Waals surface area contributed by atoms with Crippen LogP contribution in [0.5, 0.6) is 0 Å². The van der Waals surface area contributed by atoms with E-state index < -0.39 is 0 Å². The van der Waals surface area contributed by atoms with Gasteiger partial charge in [0.1, 0.15) is 0 Å². The average Bonchev–Trinajstić information content (AvgIpc) is 2.65. The molecule has 0 radical (unpaired) electrons. The van der Waals surface area contributed by atoms with Crippen molar-refractivity contribution in [2.24, 2.45) is 17.8 Å². The van der Waals surface area contributed by atoms with Crippen LogP contribution in [0.25, 0.3) is 0 Å². The molecule has 0 N–H and O–H groups in total. The molecular formula is C16H17NO2. The summed E-state index contributed by atoms with van der Waals surface area (Å²) in [5.41, 5.74) is 1.82. The van der Waals surface area contributed by atoms with E-state index in [1.165, 1.54) is 4.90 Å². The Morgan fingerprint density at radius 1 is 1.11 bits per heavy atom. The van der Waals surface area contributed by atoms with Crippen molar-refractivity contribution in [3.63, 3.8) is 0 Å². The van der Waals surface area contributed by atoms with Gasteiger partial charge in [0, 0.05) is 0 Å². The van der Waals surface area contributed by atoms with Crippen molar-refractivity contribution in [2.45, 2.75) is 20.3 Å². The highest BCUT2D eigenvalue weighted by Crippen LogP contribution is 2.40. The topological polar surface area (TPSA) is 37.4 Å². The molecule has 0 saturated carbocycles. The number of benzene rings is 1. The van der Waals surface area contributed by atoms with Gasteiger partial charge in [0.25, 0.3) is 0 Å². The quantitative estimate of drug-likeness (QED) is 0.571. The zero-order valence-corrected chi connectivity index (χ0v) is 11.2. The molecule has 3 nitrogen and oxygen atoms in total. The van der Waals surface area contributed by atoms with Gasteiger partial charge in [-0.15, -0.1) is 0 Å². The molecule has 1 fully saturated rings. The molecule has 3 atom stereocenters. The third-order valence-electron chi connectivity index (χ3n) is 4.16. The first-order chi connectivity index (χ1) is 9.09. The second kappa shape index (κ2) is 4.34. The third kappa shape index (κ3) is 1.81. The van der Waals surface area contributed by atoms with Crippen molar-refractivity contribution >= 4 is 17.5 Å². The smallest absolute Gasteiger partial charge is 0.238 e. The van der Waals surface area contributed by atoms with Crippen LogP contribution in [0.15, 0.2) is 36.4 Å². The number of allylic oxidation sites excluding steroid dienone is 2. The molecule has 2 amide bonds. The number of carbonyl (C=O) groups is 2. The van der Waals surface area contributed by atoms with E-state index in [4.69, 9.17) is 0 Å². The largest absolute Gasteiger partial charge is 0.274 e. The van der Waals surface area contributed by atoms with E-state index >= 15 is 0 Å². The SMILES string of the molecule is Cc1ccc(N2C(=O)[C@H]3[C@H](CC=C[C@@H]3C)C2=O)cc1. The molecule has 1 aliphatic heterocycles. The minimum absolute atomic E-state index is 0.0456. The number of nitrogens with zero attached hydrogens (tertiary/aromatic N) is 1. The van der Waals surface area contributed by atoms with E-state index in [1.807, 2.05) is 50.3 Å². The van der Waals surface area contributed by atoms with E-state index in [2.05, 4.69) is 0 Å². The van der Waals surface area contributed by atoms with Crippen LogP contribution in [-0.4, -0.2) is 11.8 Å². The number of amides is 2. The summed E-state index contributed by atoms with van der Waals surface area (Å²) in [6, 6.07) is 7.56. The summed E-state index contributed by atoms with van der Waals surface area (Å²) in [5.74, 6) is -0.302. The van der Waals surface area contributed by atoms with Gasteiger partial charge in [0.05, 0.1) is 17.5 Å². The Hall–Kier alpha value is -1.90. The predicted octanol–water partition coefficient (Wildman–Crippen LogP) is 2.70. The summed E-state index contributed by atoms with van der Waals surface area (Å²) in [4.78, 5) is 26.3. The zero-order valence-electron chi connectivity index (χ0n) is 11.2. The molecule has 98 valence electrons. The van der Waals surface area contributed by atoms with Gasteiger partial charge in [-0.1, -0.05) is 36.8 Å². The maximum absolute atomic E-state index is 12.5. The molecule has 19 heavy (non-hydrogen) atoms. The molecule has 3 heteroatoms. The van der Waals surface area contributed by atoms with Gasteiger partial charge in [-0.25, -0.2) is 0 Å². The van der Waals surface area contributed by atoms with Crippen LogP contribution in [0.4, 0.5) is 5.69 Å². The van der Waals surface area contributed by atoms with Crippen molar-refractivity contribution in [2.75, 3.05) is 4.90 Å². The van der Waals surface area contributed by atoms with Crippen molar-refractivity contribution in [3.05, 3.63) is 42.0 Å². The van der Waals surface area contributed by atoms with Gasteiger partial charge < -0.3 is 0 Å². The lowest BCUT2D eigenvalue weighted by molar-refractivity contribution is -0.122. The molecular weight excluding hydrogens is 238 g/mol. The first-order valence-corrected chi connectivity index (χ1v) is 6.70. The minimum atomic E-state index is -0.182. The number of aryl methyl sites for hydroxylation is 1. The van der Waals surface area contributed by atoms with Crippen LogP contribution in [-0.2, 0) is 9.59 Å². The summed E-state index contributed by atoms with van der Waals surface area (Å²) in [6.07, 6.45) is 4.75. The lowest BCUT2D eigenvalue weighted by Crippen LogP contribution is -2.31. The first kappa shape index (κ1) is 12.2. The molecule has 1 aromatic carbocycles. The average molecular weight is 255 g/mol. The van der Waals surface area contributed by atoms with E-state index in [0.29, 0.717) is 12.1 Å². The highest BCUT2D eigenvalue weighted by atomic mass is 16.2. The van der Waals surface area contributed by atoms with Crippen LogP contribution < -0.4 is 4.90 Å². The summed E-state index contributed by atoms with van der Waals surface area (Å²) in [6.45, 7) is 4.00. The predicted molar refractivity (Wildman–Crippen MR) is 73.6 cm³/mol. The number of rotatable bonds is 1. The third-order valence-corrected chi connectivity index (χ3v) is 4.16. The Morgan fingerprint density at radius 3 is 2.42 bits per heavy atom. The minimum Gasteiger partial charge on any atom is -0.274 e. The van der Waals surface area contributed by atoms with Gasteiger partial charge in [-0.05, 0) is 31.4 Å². The highest BCUT2D eigenvalue weighted by Gasteiger charge is 2.50. The van der Waals surface area contributed by atoms with Gasteiger partial charge in [0.2, 0.25) is 11.8 Å². The number of hydrogen-bond acceptors (Lipinski definition) is 2. The van der Waals surface area contributed by atoms with Gasteiger partial charge in [0.15, 0.2) is 0 Å². The Morgan fingerprint density at radius 2 is 1.79 bits per heavy atom. The monoisotopic (exact) mass is 255 g/mol. The molecule has 3 rings (SSSR count). The Balaban J connectivity index is 1.98. The van der Waals surface area contributed by atoms with Crippen LogP contribution >= 0.6 is 0 Å². The summed E-state index contributed by atoms with van der Waals surface area (Å²) in [7, 11) is 0. The Bertz CT molecular complexity index is 559. The lowest BCUT2D eigenvalue weighted by atomic mass is 9.78. The van der Waals surface area contributed by atoms with Crippen molar-refractivity contribution in [3.8, 4) is 0 Å². The Kier molecular flexibility index (Phi) is 2.77. The normalized spacial score (nSPS) is 29.8. The van der Waals surface area contributed by atoms with E-state index in [0.717, 1.165) is 5.56 Å². The summed E-state index contributed by atoms with van der Waals surface area (Å²) in [5, 5.41) is 0. The van der Waals surface area contributed by atoms with E-state index in [1.54, 1.807) is 0 Å². The molecule has 1 aromatic rings. The van der Waals surface area contributed by atoms with Crippen molar-refractivity contribution in [1.29, 1.82) is 0 Å². The Labute approximate surface area is 112 Å². The van der Waals surface area contributed by atoms with E-state index in [-0.39, 0.29) is 29.6 Å². The number of anilines is 1. The molecule has 0 bridgehead atoms. The fourth-order valence-electron chi connectivity index (χ4n) is 3.10. The van der Waals surface area contributed by atoms with Gasteiger partial charge in [-0.2, -0.15) is 0 Å². The van der Waals surface area contributed by atoms with Crippen LogP contribution in [0.3, 0.4) is 0 Å². The maximum Gasteiger partial charge on any atom is 0.238 e. The molecule has 0 unspecified atom stereocenters. The molecule has 0 aromatic heterocycles. The van der Waals surface area contributed by atoms with Crippen molar-refractivity contribution in [1.82, 2.24) is 0 Å². The van der Waals surface area contributed by atoms with Crippen LogP contribution in [0.2, 0.25) is 0 Å². The summed E-state index contributed by atoms with van der Waals surface area (Å²) >= 11 is 0. The fourth-order valence-corrected chi connectivity index (χ4v) is 3.10. The maximum atomic E-state index is 12.5. The van der Waals surface area contributed by atoms with E-state index in [9.17, 15) is 9.59 Å². The number of hydrogen-bond donors (Lipinski definition) is 0. The number of fused-ring (bicyclic) bond motifs is 1. The molecule has 0 spiro atoms. The molecule has 1 aliphatic carbocycles. The fraction of sp³-hybridized carbons (Fsp3) is 0.375. The molecule has 2 aliphatic rings. The highest BCUT2D eigenvalue weighted by molar-refractivity contribution is 6.22. The van der Waals surface area contributed by atoms with Crippen LogP contribution in [0.1, 0.15) is 18.9 Å².